The monoisotopic (exact) mass is 203 g/mol. The first kappa shape index (κ1) is 9.22. The molecule has 1 aliphatic carbocycles. The molecule has 2 atom stereocenters. The summed E-state index contributed by atoms with van der Waals surface area (Å²) in [4.78, 5) is 2.47. The topological polar surface area (TPSA) is 23.5 Å². The lowest BCUT2D eigenvalue weighted by molar-refractivity contribution is 0.260. The minimum absolute atomic E-state index is 0.386. The average molecular weight is 203 g/mol. The third-order valence-electron chi connectivity index (χ3n) is 4.04. The Morgan fingerprint density at radius 2 is 1.93 bits per heavy atom. The maximum absolute atomic E-state index is 9.10. The van der Waals surface area contributed by atoms with Gasteiger partial charge in [0.05, 0.1) is 0 Å². The summed E-state index contributed by atoms with van der Waals surface area (Å²) >= 11 is 0. The third-order valence-corrected chi connectivity index (χ3v) is 4.04. The molecule has 1 heterocycles. The van der Waals surface area contributed by atoms with E-state index in [9.17, 15) is 0 Å². The molecule has 0 radical (unpaired) electrons. The number of anilines is 1. The molecule has 2 unspecified atom stereocenters. The number of aliphatic hydroxyl groups excluding tert-OH is 1. The smallest absolute Gasteiger partial charge is 0.0466 e. The Balaban J connectivity index is 1.75. The zero-order valence-corrected chi connectivity index (χ0v) is 9.06. The second kappa shape index (κ2) is 3.24. The summed E-state index contributed by atoms with van der Waals surface area (Å²) in [6.45, 7) is 4.83. The van der Waals surface area contributed by atoms with Crippen LogP contribution in [0.4, 0.5) is 5.69 Å². The zero-order chi connectivity index (χ0) is 10.4. The molecule has 2 fully saturated rings. The third kappa shape index (κ3) is 1.36. The molecule has 1 saturated heterocycles. The van der Waals surface area contributed by atoms with Crippen LogP contribution in [0.15, 0.2) is 24.3 Å². The minimum atomic E-state index is 0.386. The number of fused-ring (bicyclic) bond motifs is 1. The van der Waals surface area contributed by atoms with Gasteiger partial charge in [-0.1, -0.05) is 18.2 Å². The predicted molar refractivity (Wildman–Crippen MR) is 60.9 cm³/mol. The number of para-hydroxylation sites is 1. The average Bonchev–Trinajstić information content (AvgIpc) is 2.72. The maximum atomic E-state index is 9.10. The van der Waals surface area contributed by atoms with Gasteiger partial charge >= 0.3 is 0 Å². The van der Waals surface area contributed by atoms with Crippen molar-refractivity contribution >= 4 is 5.69 Å². The van der Waals surface area contributed by atoms with Gasteiger partial charge in [0.2, 0.25) is 0 Å². The summed E-state index contributed by atoms with van der Waals surface area (Å²) in [7, 11) is 0. The Morgan fingerprint density at radius 3 is 2.53 bits per heavy atom. The SMILES string of the molecule is Cc1ccccc1N1CC2C(CO)C2C1. The van der Waals surface area contributed by atoms with E-state index < -0.39 is 0 Å². The van der Waals surface area contributed by atoms with Crippen LogP contribution in [-0.4, -0.2) is 24.8 Å². The lowest BCUT2D eigenvalue weighted by Gasteiger charge is -2.23. The molecular weight excluding hydrogens is 186 g/mol. The Bertz CT molecular complexity index is 365. The number of aliphatic hydroxyl groups is 1. The molecule has 1 aromatic carbocycles. The van der Waals surface area contributed by atoms with Crippen LogP contribution >= 0.6 is 0 Å². The van der Waals surface area contributed by atoms with Gasteiger partial charge < -0.3 is 10.0 Å². The highest BCUT2D eigenvalue weighted by Gasteiger charge is 2.55. The second-order valence-corrected chi connectivity index (χ2v) is 4.87. The Morgan fingerprint density at radius 1 is 1.27 bits per heavy atom. The Kier molecular flexibility index (Phi) is 1.99. The molecule has 1 aromatic rings. The van der Waals surface area contributed by atoms with Gasteiger partial charge in [0.15, 0.2) is 0 Å². The van der Waals surface area contributed by atoms with Crippen molar-refractivity contribution in [3.63, 3.8) is 0 Å². The largest absolute Gasteiger partial charge is 0.396 e. The van der Waals surface area contributed by atoms with Crippen molar-refractivity contribution in [1.82, 2.24) is 0 Å². The zero-order valence-electron chi connectivity index (χ0n) is 9.06. The maximum Gasteiger partial charge on any atom is 0.0466 e. The molecule has 80 valence electrons. The highest BCUT2D eigenvalue weighted by molar-refractivity contribution is 5.54. The van der Waals surface area contributed by atoms with E-state index in [1.807, 2.05) is 0 Å². The fraction of sp³-hybridized carbons (Fsp3) is 0.538. The standard InChI is InChI=1S/C13H17NO/c1-9-4-2-3-5-13(9)14-6-10-11(7-14)12(10)8-15/h2-5,10-12,15H,6-8H2,1H3. The van der Waals surface area contributed by atoms with Crippen molar-refractivity contribution in [2.75, 3.05) is 24.6 Å². The van der Waals surface area contributed by atoms with E-state index in [0.717, 1.165) is 24.9 Å². The van der Waals surface area contributed by atoms with Gasteiger partial charge in [-0.2, -0.15) is 0 Å². The second-order valence-electron chi connectivity index (χ2n) is 4.87. The van der Waals surface area contributed by atoms with Gasteiger partial charge in [-0.15, -0.1) is 0 Å². The number of rotatable bonds is 2. The van der Waals surface area contributed by atoms with Crippen molar-refractivity contribution in [1.29, 1.82) is 0 Å². The lowest BCUT2D eigenvalue weighted by atomic mass is 10.1. The highest BCUT2D eigenvalue weighted by atomic mass is 16.3. The number of nitrogens with zero attached hydrogens (tertiary/aromatic N) is 1. The van der Waals surface area contributed by atoms with Crippen molar-refractivity contribution in [2.24, 2.45) is 17.8 Å². The van der Waals surface area contributed by atoms with E-state index >= 15 is 0 Å². The molecule has 15 heavy (non-hydrogen) atoms. The molecule has 1 N–H and O–H groups in total. The van der Waals surface area contributed by atoms with E-state index in [4.69, 9.17) is 5.11 Å². The Labute approximate surface area is 90.5 Å². The molecule has 3 rings (SSSR count). The summed E-state index contributed by atoms with van der Waals surface area (Å²) in [6, 6.07) is 8.57. The van der Waals surface area contributed by atoms with Crippen LogP contribution in [0.1, 0.15) is 5.56 Å². The number of benzene rings is 1. The molecule has 2 heteroatoms. The number of hydrogen-bond donors (Lipinski definition) is 1. The number of aryl methyl sites for hydroxylation is 1. The van der Waals surface area contributed by atoms with Crippen LogP contribution in [0, 0.1) is 24.7 Å². The predicted octanol–water partition coefficient (Wildman–Crippen LogP) is 1.67. The summed E-state index contributed by atoms with van der Waals surface area (Å²) in [6.07, 6.45) is 0. The summed E-state index contributed by atoms with van der Waals surface area (Å²) in [5, 5.41) is 9.10. The molecule has 1 aliphatic heterocycles. The van der Waals surface area contributed by atoms with Crippen LogP contribution in [0.5, 0.6) is 0 Å². The van der Waals surface area contributed by atoms with E-state index in [-0.39, 0.29) is 0 Å². The van der Waals surface area contributed by atoms with E-state index in [2.05, 4.69) is 36.1 Å². The number of piperidine rings is 1. The molecule has 1 saturated carbocycles. The lowest BCUT2D eigenvalue weighted by Crippen LogP contribution is -2.25. The van der Waals surface area contributed by atoms with Gasteiger partial charge in [0.1, 0.15) is 0 Å². The quantitative estimate of drug-likeness (QED) is 0.790. The molecule has 2 nitrogen and oxygen atoms in total. The van der Waals surface area contributed by atoms with Crippen molar-refractivity contribution in [2.45, 2.75) is 6.92 Å². The van der Waals surface area contributed by atoms with Crippen LogP contribution in [0.2, 0.25) is 0 Å². The molecule has 0 bridgehead atoms. The summed E-state index contributed by atoms with van der Waals surface area (Å²) in [5.41, 5.74) is 2.74. The fourth-order valence-corrected chi connectivity index (χ4v) is 3.04. The van der Waals surface area contributed by atoms with Crippen LogP contribution in [0.25, 0.3) is 0 Å². The number of hydrogen-bond acceptors (Lipinski definition) is 2. The van der Waals surface area contributed by atoms with Crippen LogP contribution in [-0.2, 0) is 0 Å². The van der Waals surface area contributed by atoms with Gasteiger partial charge in [-0.25, -0.2) is 0 Å². The first-order valence-corrected chi connectivity index (χ1v) is 5.72. The van der Waals surface area contributed by atoms with E-state index in [0.29, 0.717) is 12.5 Å². The normalized spacial score (nSPS) is 32.9. The molecule has 2 aliphatic rings. The van der Waals surface area contributed by atoms with Crippen molar-refractivity contribution in [3.8, 4) is 0 Å². The Hall–Kier alpha value is -1.02. The van der Waals surface area contributed by atoms with Gasteiger partial charge in [0.25, 0.3) is 0 Å². The van der Waals surface area contributed by atoms with E-state index in [1.165, 1.54) is 11.3 Å². The highest BCUT2D eigenvalue weighted by Crippen LogP contribution is 2.52. The first-order chi connectivity index (χ1) is 7.31. The van der Waals surface area contributed by atoms with Crippen molar-refractivity contribution in [3.05, 3.63) is 29.8 Å². The molecular formula is C13H17NO. The van der Waals surface area contributed by atoms with Crippen LogP contribution < -0.4 is 4.90 Å². The van der Waals surface area contributed by atoms with Gasteiger partial charge in [-0.3, -0.25) is 0 Å². The molecule has 0 spiro atoms. The minimum Gasteiger partial charge on any atom is -0.396 e. The van der Waals surface area contributed by atoms with E-state index in [1.54, 1.807) is 0 Å². The van der Waals surface area contributed by atoms with Crippen molar-refractivity contribution < 1.29 is 5.11 Å². The summed E-state index contributed by atoms with van der Waals surface area (Å²) < 4.78 is 0. The molecule has 0 amide bonds. The fourth-order valence-electron chi connectivity index (χ4n) is 3.04. The summed E-state index contributed by atoms with van der Waals surface area (Å²) in [5.74, 6) is 2.12. The van der Waals surface area contributed by atoms with Gasteiger partial charge in [0, 0.05) is 25.4 Å². The first-order valence-electron chi connectivity index (χ1n) is 5.72. The van der Waals surface area contributed by atoms with Crippen LogP contribution in [0.3, 0.4) is 0 Å². The molecule has 0 aromatic heterocycles. The van der Waals surface area contributed by atoms with Gasteiger partial charge in [-0.05, 0) is 36.3 Å².